The fourth-order valence-electron chi connectivity index (χ4n) is 3.52. The van der Waals surface area contributed by atoms with Crippen molar-refractivity contribution in [3.63, 3.8) is 0 Å². The summed E-state index contributed by atoms with van der Waals surface area (Å²) >= 11 is 0. The summed E-state index contributed by atoms with van der Waals surface area (Å²) in [7, 11) is 0. The molecule has 1 saturated heterocycles. The van der Waals surface area contributed by atoms with Gasteiger partial charge >= 0.3 is 6.18 Å². The Labute approximate surface area is 168 Å². The fraction of sp³-hybridized carbons (Fsp3) is 0.429. The minimum absolute atomic E-state index is 0.0399. The monoisotopic (exact) mass is 406 g/mol. The van der Waals surface area contributed by atoms with Gasteiger partial charge in [0.25, 0.3) is 0 Å². The average Bonchev–Trinajstić information content (AvgIpc) is 2.68. The Kier molecular flexibility index (Phi) is 6.42. The fourth-order valence-corrected chi connectivity index (χ4v) is 3.52. The number of carbonyl (C=O) groups excluding carboxylic acids is 1. The molecule has 8 heteroatoms. The predicted octanol–water partition coefficient (Wildman–Crippen LogP) is 3.41. The molecule has 1 amide bonds. The van der Waals surface area contributed by atoms with Crippen molar-refractivity contribution in [3.05, 3.63) is 59.3 Å². The van der Waals surface area contributed by atoms with E-state index in [1.165, 1.54) is 6.07 Å². The summed E-state index contributed by atoms with van der Waals surface area (Å²) in [6.45, 7) is 6.80. The third-order valence-electron chi connectivity index (χ3n) is 5.17. The third-order valence-corrected chi connectivity index (χ3v) is 5.17. The second kappa shape index (κ2) is 8.82. The van der Waals surface area contributed by atoms with Crippen LogP contribution in [0.4, 0.5) is 19.0 Å². The van der Waals surface area contributed by atoms with Crippen molar-refractivity contribution < 1.29 is 18.0 Å². The molecule has 1 aliphatic rings. The Morgan fingerprint density at radius 3 is 2.41 bits per heavy atom. The summed E-state index contributed by atoms with van der Waals surface area (Å²) in [5.74, 6) is 0.483. The SMILES string of the molecule is Cc1ccccc1[C@@H](C)NC(=O)CN1CCN(c2ccc(C(F)(F)F)cn2)CC1. The lowest BCUT2D eigenvalue weighted by Gasteiger charge is -2.35. The summed E-state index contributed by atoms with van der Waals surface area (Å²) in [5, 5.41) is 3.03. The van der Waals surface area contributed by atoms with Crippen molar-refractivity contribution in [1.29, 1.82) is 0 Å². The van der Waals surface area contributed by atoms with Gasteiger partial charge in [-0.2, -0.15) is 13.2 Å². The highest BCUT2D eigenvalue weighted by Crippen LogP contribution is 2.29. The average molecular weight is 406 g/mol. The molecule has 0 radical (unpaired) electrons. The van der Waals surface area contributed by atoms with Gasteiger partial charge < -0.3 is 10.2 Å². The summed E-state index contributed by atoms with van der Waals surface area (Å²) in [6, 6.07) is 10.3. The van der Waals surface area contributed by atoms with E-state index in [0.29, 0.717) is 38.5 Å². The van der Waals surface area contributed by atoms with Crippen molar-refractivity contribution in [2.24, 2.45) is 0 Å². The molecule has 29 heavy (non-hydrogen) atoms. The number of halogens is 3. The van der Waals surface area contributed by atoms with Crippen LogP contribution in [0.15, 0.2) is 42.6 Å². The largest absolute Gasteiger partial charge is 0.417 e. The van der Waals surface area contributed by atoms with Gasteiger partial charge in [-0.15, -0.1) is 0 Å². The van der Waals surface area contributed by atoms with Gasteiger partial charge in [0.15, 0.2) is 0 Å². The zero-order valence-electron chi connectivity index (χ0n) is 16.5. The van der Waals surface area contributed by atoms with E-state index in [2.05, 4.69) is 10.3 Å². The van der Waals surface area contributed by atoms with Crippen molar-refractivity contribution in [2.75, 3.05) is 37.6 Å². The van der Waals surface area contributed by atoms with Crippen LogP contribution in [0.2, 0.25) is 0 Å². The molecule has 0 saturated carbocycles. The molecule has 1 aromatic heterocycles. The first-order chi connectivity index (χ1) is 13.7. The molecule has 1 N–H and O–H groups in total. The number of pyridine rings is 1. The number of piperazine rings is 1. The van der Waals surface area contributed by atoms with Crippen molar-refractivity contribution in [1.82, 2.24) is 15.2 Å². The molecule has 3 rings (SSSR count). The topological polar surface area (TPSA) is 48.5 Å². The minimum atomic E-state index is -4.38. The first-order valence-electron chi connectivity index (χ1n) is 9.59. The quantitative estimate of drug-likeness (QED) is 0.827. The Bertz CT molecular complexity index is 831. The maximum atomic E-state index is 12.7. The molecule has 1 aromatic carbocycles. The zero-order valence-corrected chi connectivity index (χ0v) is 16.5. The summed E-state index contributed by atoms with van der Waals surface area (Å²) in [6.07, 6.45) is -3.52. The van der Waals surface area contributed by atoms with E-state index >= 15 is 0 Å². The van der Waals surface area contributed by atoms with Gasteiger partial charge in [-0.05, 0) is 37.1 Å². The Morgan fingerprint density at radius 2 is 1.83 bits per heavy atom. The van der Waals surface area contributed by atoms with E-state index in [4.69, 9.17) is 0 Å². The van der Waals surface area contributed by atoms with Crippen LogP contribution in [0, 0.1) is 6.92 Å². The number of aromatic nitrogens is 1. The summed E-state index contributed by atoms with van der Waals surface area (Å²) in [4.78, 5) is 20.3. The second-order valence-corrected chi connectivity index (χ2v) is 7.31. The van der Waals surface area contributed by atoms with E-state index in [9.17, 15) is 18.0 Å². The number of benzene rings is 1. The number of aryl methyl sites for hydroxylation is 1. The number of hydrogen-bond donors (Lipinski definition) is 1. The Balaban J connectivity index is 1.48. The van der Waals surface area contributed by atoms with E-state index in [1.54, 1.807) is 0 Å². The lowest BCUT2D eigenvalue weighted by atomic mass is 10.0. The molecule has 0 bridgehead atoms. The Morgan fingerprint density at radius 1 is 1.14 bits per heavy atom. The number of anilines is 1. The standard InChI is InChI=1S/C21H25F3N4O/c1-15-5-3-4-6-18(15)16(2)26-20(29)14-27-9-11-28(12-10-27)19-8-7-17(13-25-19)21(22,23)24/h3-8,13,16H,9-12,14H2,1-2H3,(H,26,29)/t16-/m1/s1. The number of rotatable bonds is 5. The molecule has 1 atom stereocenters. The van der Waals surface area contributed by atoms with Crippen molar-refractivity contribution >= 4 is 11.7 Å². The molecule has 2 heterocycles. The Hall–Kier alpha value is -2.61. The van der Waals surface area contributed by atoms with E-state index in [0.717, 1.165) is 23.4 Å². The van der Waals surface area contributed by atoms with Crippen LogP contribution in [0.5, 0.6) is 0 Å². The predicted molar refractivity (Wildman–Crippen MR) is 106 cm³/mol. The van der Waals surface area contributed by atoms with Crippen LogP contribution in [-0.4, -0.2) is 48.5 Å². The maximum absolute atomic E-state index is 12.7. The highest BCUT2D eigenvalue weighted by Gasteiger charge is 2.31. The second-order valence-electron chi connectivity index (χ2n) is 7.31. The van der Waals surface area contributed by atoms with Crippen molar-refractivity contribution in [2.45, 2.75) is 26.1 Å². The number of hydrogen-bond acceptors (Lipinski definition) is 4. The van der Waals surface area contributed by atoms with Crippen LogP contribution >= 0.6 is 0 Å². The molecule has 0 aliphatic carbocycles. The van der Waals surface area contributed by atoms with Gasteiger partial charge in [-0.25, -0.2) is 4.98 Å². The van der Waals surface area contributed by atoms with Gasteiger partial charge in [0.05, 0.1) is 18.2 Å². The van der Waals surface area contributed by atoms with Crippen LogP contribution < -0.4 is 10.2 Å². The zero-order chi connectivity index (χ0) is 21.0. The highest BCUT2D eigenvalue weighted by atomic mass is 19.4. The van der Waals surface area contributed by atoms with Crippen LogP contribution in [-0.2, 0) is 11.0 Å². The van der Waals surface area contributed by atoms with Gasteiger partial charge in [-0.3, -0.25) is 9.69 Å². The molecule has 156 valence electrons. The highest BCUT2D eigenvalue weighted by molar-refractivity contribution is 5.78. The molecule has 2 aromatic rings. The molecule has 0 spiro atoms. The summed E-state index contributed by atoms with van der Waals surface area (Å²) < 4.78 is 38.0. The van der Waals surface area contributed by atoms with Crippen molar-refractivity contribution in [3.8, 4) is 0 Å². The van der Waals surface area contributed by atoms with Crippen LogP contribution in [0.3, 0.4) is 0 Å². The number of nitrogens with zero attached hydrogens (tertiary/aromatic N) is 3. The molecule has 5 nitrogen and oxygen atoms in total. The number of amides is 1. The van der Waals surface area contributed by atoms with Gasteiger partial charge in [0.2, 0.25) is 5.91 Å². The van der Waals surface area contributed by atoms with E-state index in [1.807, 2.05) is 47.9 Å². The molecular formula is C21H25F3N4O. The first kappa shape index (κ1) is 21.1. The maximum Gasteiger partial charge on any atom is 0.417 e. The van der Waals surface area contributed by atoms with Crippen LogP contribution in [0.25, 0.3) is 0 Å². The third kappa shape index (κ3) is 5.47. The molecular weight excluding hydrogens is 381 g/mol. The molecule has 0 unspecified atom stereocenters. The van der Waals surface area contributed by atoms with Crippen LogP contribution in [0.1, 0.15) is 29.7 Å². The molecule has 1 aliphatic heterocycles. The number of carbonyl (C=O) groups is 1. The van der Waals surface area contributed by atoms with Gasteiger partial charge in [-0.1, -0.05) is 24.3 Å². The lowest BCUT2D eigenvalue weighted by molar-refractivity contribution is -0.137. The first-order valence-corrected chi connectivity index (χ1v) is 9.59. The summed E-state index contributed by atoms with van der Waals surface area (Å²) in [5.41, 5.74) is 1.48. The van der Waals surface area contributed by atoms with Gasteiger partial charge in [0, 0.05) is 32.4 Å². The number of alkyl halides is 3. The minimum Gasteiger partial charge on any atom is -0.354 e. The lowest BCUT2D eigenvalue weighted by Crippen LogP contribution is -2.50. The normalized spacial score (nSPS) is 16.5. The smallest absolute Gasteiger partial charge is 0.354 e. The molecule has 1 fully saturated rings. The van der Waals surface area contributed by atoms with Gasteiger partial charge in [0.1, 0.15) is 5.82 Å². The number of nitrogens with one attached hydrogen (secondary N) is 1. The van der Waals surface area contributed by atoms with E-state index in [-0.39, 0.29) is 11.9 Å². The van der Waals surface area contributed by atoms with E-state index < -0.39 is 11.7 Å².